The summed E-state index contributed by atoms with van der Waals surface area (Å²) in [5.41, 5.74) is 1.60. The van der Waals surface area contributed by atoms with E-state index in [1.54, 1.807) is 19.4 Å². The van der Waals surface area contributed by atoms with Crippen molar-refractivity contribution in [1.82, 2.24) is 9.78 Å². The van der Waals surface area contributed by atoms with Crippen molar-refractivity contribution in [2.24, 2.45) is 0 Å². The van der Waals surface area contributed by atoms with E-state index >= 15 is 0 Å². The Hall–Kier alpha value is -1.82. The van der Waals surface area contributed by atoms with Gasteiger partial charge in [-0.2, -0.15) is 5.10 Å². The van der Waals surface area contributed by atoms with E-state index in [9.17, 15) is 4.79 Å². The first-order chi connectivity index (χ1) is 9.51. The van der Waals surface area contributed by atoms with Gasteiger partial charge in [-0.25, -0.2) is 4.68 Å². The van der Waals surface area contributed by atoms with Crippen LogP contribution in [-0.2, 0) is 6.54 Å². The lowest BCUT2D eigenvalue weighted by atomic mass is 10.2. The summed E-state index contributed by atoms with van der Waals surface area (Å²) >= 11 is 3.47. The fraction of sp³-hybridized carbons (Fsp3) is 0.286. The molecule has 1 aromatic carbocycles. The van der Waals surface area contributed by atoms with Crippen LogP contribution in [0.3, 0.4) is 0 Å². The number of ether oxygens (including phenoxy) is 1. The van der Waals surface area contributed by atoms with Crippen LogP contribution in [0.1, 0.15) is 5.56 Å². The summed E-state index contributed by atoms with van der Waals surface area (Å²) in [5, 5.41) is 4.19. The van der Waals surface area contributed by atoms with Crippen LogP contribution in [0.25, 0.3) is 0 Å². The van der Waals surface area contributed by atoms with Gasteiger partial charge in [0, 0.05) is 24.6 Å². The molecule has 0 aliphatic carbocycles. The number of rotatable bonds is 4. The second kappa shape index (κ2) is 6.09. The number of hydrogen-bond donors (Lipinski definition) is 0. The molecule has 0 amide bonds. The molecule has 0 atom stereocenters. The Kier molecular flexibility index (Phi) is 4.44. The molecule has 0 N–H and O–H groups in total. The topological polar surface area (TPSA) is 47.4 Å². The first kappa shape index (κ1) is 14.6. The van der Waals surface area contributed by atoms with Crippen LogP contribution in [0.2, 0.25) is 0 Å². The van der Waals surface area contributed by atoms with E-state index in [0.29, 0.717) is 6.54 Å². The minimum atomic E-state index is -0.133. The molecule has 0 unspecified atom stereocenters. The van der Waals surface area contributed by atoms with Crippen molar-refractivity contribution in [2.45, 2.75) is 6.54 Å². The highest BCUT2D eigenvalue weighted by Crippen LogP contribution is 2.22. The second-order valence-electron chi connectivity index (χ2n) is 4.56. The summed E-state index contributed by atoms with van der Waals surface area (Å²) in [6.07, 6.45) is 1.68. The number of aromatic nitrogens is 2. The maximum absolute atomic E-state index is 12.0. The van der Waals surface area contributed by atoms with Gasteiger partial charge < -0.3 is 9.64 Å². The highest BCUT2D eigenvalue weighted by atomic mass is 79.9. The van der Waals surface area contributed by atoms with E-state index in [2.05, 4.69) is 21.0 Å². The third-order valence-corrected chi connectivity index (χ3v) is 3.72. The van der Waals surface area contributed by atoms with Crippen molar-refractivity contribution < 1.29 is 4.74 Å². The molecule has 106 valence electrons. The molecular formula is C14H16BrN3O2. The van der Waals surface area contributed by atoms with Crippen LogP contribution >= 0.6 is 15.9 Å². The fourth-order valence-electron chi connectivity index (χ4n) is 1.75. The van der Waals surface area contributed by atoms with E-state index < -0.39 is 0 Å². The Labute approximate surface area is 125 Å². The van der Waals surface area contributed by atoms with Gasteiger partial charge in [0.1, 0.15) is 5.75 Å². The van der Waals surface area contributed by atoms with Crippen LogP contribution in [0.4, 0.5) is 5.69 Å². The largest absolute Gasteiger partial charge is 0.497 e. The number of anilines is 1. The number of hydrogen-bond acceptors (Lipinski definition) is 4. The van der Waals surface area contributed by atoms with Gasteiger partial charge in [0.25, 0.3) is 5.56 Å². The minimum absolute atomic E-state index is 0.133. The lowest BCUT2D eigenvalue weighted by Gasteiger charge is -2.13. The zero-order valence-corrected chi connectivity index (χ0v) is 13.2. The summed E-state index contributed by atoms with van der Waals surface area (Å²) in [4.78, 5) is 13.9. The van der Waals surface area contributed by atoms with Crippen molar-refractivity contribution in [3.63, 3.8) is 0 Å². The van der Waals surface area contributed by atoms with Crippen LogP contribution in [0.15, 0.2) is 39.7 Å². The third kappa shape index (κ3) is 3.19. The molecule has 0 fully saturated rings. The molecule has 0 saturated heterocycles. The van der Waals surface area contributed by atoms with Crippen molar-refractivity contribution in [3.05, 3.63) is 50.9 Å². The molecule has 0 aliphatic heterocycles. The quantitative estimate of drug-likeness (QED) is 0.857. The fourth-order valence-corrected chi connectivity index (χ4v) is 2.12. The zero-order valence-electron chi connectivity index (χ0n) is 11.6. The first-order valence-corrected chi connectivity index (χ1v) is 6.87. The van der Waals surface area contributed by atoms with E-state index in [-0.39, 0.29) is 5.56 Å². The molecule has 5 nitrogen and oxygen atoms in total. The minimum Gasteiger partial charge on any atom is -0.497 e. The predicted molar refractivity (Wildman–Crippen MR) is 82.6 cm³/mol. The van der Waals surface area contributed by atoms with Gasteiger partial charge in [0.2, 0.25) is 0 Å². The van der Waals surface area contributed by atoms with Gasteiger partial charge in [-0.05, 0) is 23.8 Å². The Balaban J connectivity index is 2.33. The highest BCUT2D eigenvalue weighted by Gasteiger charge is 2.07. The summed E-state index contributed by atoms with van der Waals surface area (Å²) in [5.74, 6) is 0.751. The predicted octanol–water partition coefficient (Wildman–Crippen LogP) is 2.13. The molecule has 0 aliphatic rings. The summed E-state index contributed by atoms with van der Waals surface area (Å²) in [6.45, 7) is 0.393. The van der Waals surface area contributed by atoms with Gasteiger partial charge in [-0.15, -0.1) is 0 Å². The lowest BCUT2D eigenvalue weighted by Crippen LogP contribution is -2.24. The van der Waals surface area contributed by atoms with Crippen molar-refractivity contribution in [1.29, 1.82) is 0 Å². The van der Waals surface area contributed by atoms with Gasteiger partial charge in [-0.1, -0.05) is 15.9 Å². The smallest absolute Gasteiger partial charge is 0.269 e. The maximum Gasteiger partial charge on any atom is 0.269 e. The SMILES string of the molecule is COc1ccc(Br)c(Cn2ncc(N(C)C)cc2=O)c1. The van der Waals surface area contributed by atoms with Gasteiger partial charge in [0.05, 0.1) is 25.5 Å². The first-order valence-electron chi connectivity index (χ1n) is 6.08. The molecule has 0 spiro atoms. The number of nitrogens with zero attached hydrogens (tertiary/aromatic N) is 3. The molecule has 0 radical (unpaired) electrons. The molecule has 2 aromatic rings. The van der Waals surface area contributed by atoms with Crippen LogP contribution < -0.4 is 15.2 Å². The Morgan fingerprint density at radius 1 is 1.35 bits per heavy atom. The van der Waals surface area contributed by atoms with Crippen LogP contribution in [0, 0.1) is 0 Å². The third-order valence-electron chi connectivity index (χ3n) is 2.94. The normalized spacial score (nSPS) is 10.4. The monoisotopic (exact) mass is 337 g/mol. The van der Waals surface area contributed by atoms with Crippen LogP contribution in [-0.4, -0.2) is 31.0 Å². The Morgan fingerprint density at radius 2 is 2.10 bits per heavy atom. The molecule has 2 rings (SSSR count). The maximum atomic E-state index is 12.0. The van der Waals surface area contributed by atoms with Crippen molar-refractivity contribution in [2.75, 3.05) is 26.1 Å². The average molecular weight is 338 g/mol. The molecule has 1 heterocycles. The zero-order chi connectivity index (χ0) is 14.7. The molecule has 0 bridgehead atoms. The molecular weight excluding hydrogens is 322 g/mol. The number of methoxy groups -OCH3 is 1. The molecule has 1 aromatic heterocycles. The number of benzene rings is 1. The van der Waals surface area contributed by atoms with Crippen molar-refractivity contribution in [3.8, 4) is 5.75 Å². The summed E-state index contributed by atoms with van der Waals surface area (Å²) in [6, 6.07) is 7.21. The summed E-state index contributed by atoms with van der Waals surface area (Å²) in [7, 11) is 5.36. The molecule has 20 heavy (non-hydrogen) atoms. The number of halogens is 1. The highest BCUT2D eigenvalue weighted by molar-refractivity contribution is 9.10. The van der Waals surface area contributed by atoms with E-state index in [1.165, 1.54) is 4.68 Å². The van der Waals surface area contributed by atoms with E-state index in [1.807, 2.05) is 37.2 Å². The van der Waals surface area contributed by atoms with E-state index in [4.69, 9.17) is 4.74 Å². The van der Waals surface area contributed by atoms with E-state index in [0.717, 1.165) is 21.5 Å². The van der Waals surface area contributed by atoms with Crippen molar-refractivity contribution >= 4 is 21.6 Å². The van der Waals surface area contributed by atoms with Gasteiger partial charge in [0.15, 0.2) is 0 Å². The second-order valence-corrected chi connectivity index (χ2v) is 5.42. The van der Waals surface area contributed by atoms with Gasteiger partial charge >= 0.3 is 0 Å². The average Bonchev–Trinajstić information content (AvgIpc) is 2.43. The molecule has 6 heteroatoms. The standard InChI is InChI=1S/C14H16BrN3O2/c1-17(2)11-7-14(19)18(16-8-11)9-10-6-12(20-3)4-5-13(10)15/h4-8H,9H2,1-3H3. The summed E-state index contributed by atoms with van der Waals surface area (Å²) < 4.78 is 7.54. The Morgan fingerprint density at radius 3 is 2.70 bits per heavy atom. The Bertz CT molecular complexity index is 668. The van der Waals surface area contributed by atoms with Gasteiger partial charge in [-0.3, -0.25) is 4.79 Å². The lowest BCUT2D eigenvalue weighted by molar-refractivity contribution is 0.414. The molecule has 0 saturated carbocycles. The van der Waals surface area contributed by atoms with Crippen LogP contribution in [0.5, 0.6) is 5.75 Å².